The Bertz CT molecular complexity index is 1270. The van der Waals surface area contributed by atoms with Crippen molar-refractivity contribution in [3.63, 3.8) is 0 Å². The number of benzene rings is 1. The van der Waals surface area contributed by atoms with Gasteiger partial charge in [0, 0.05) is 43.3 Å². The minimum absolute atomic E-state index is 0.000674. The number of fused-ring (bicyclic) bond motifs is 3. The number of piperidine rings is 3. The maximum Gasteiger partial charge on any atom is 0.231 e. The highest BCUT2D eigenvalue weighted by atomic mass is 16.7. The van der Waals surface area contributed by atoms with Crippen LogP contribution >= 0.6 is 0 Å². The molecule has 12 heteroatoms. The molecule has 6 saturated heterocycles. The number of methoxy groups -OCH3 is 1. The molecular weight excluding hydrogens is 512 g/mol. The first kappa shape index (κ1) is 24.4. The fourth-order valence-corrected chi connectivity index (χ4v) is 8.19. The molecule has 1 aromatic rings. The number of hydrogen-bond acceptors (Lipinski definition) is 12. The summed E-state index contributed by atoms with van der Waals surface area (Å²) in [6, 6.07) is 2.29. The monoisotopic (exact) mass is 544 g/mol. The molecule has 11 atom stereocenters. The van der Waals surface area contributed by atoms with E-state index in [4.69, 9.17) is 33.4 Å². The molecule has 6 fully saturated rings. The summed E-state index contributed by atoms with van der Waals surface area (Å²) in [6.45, 7) is 1.48. The van der Waals surface area contributed by atoms with E-state index in [1.54, 1.807) is 7.11 Å². The molecular formula is C27H32N2O10. The number of ether oxygens (including phenoxy) is 6. The molecule has 4 N–H and O–H groups in total. The Hall–Kier alpha value is -2.45. The van der Waals surface area contributed by atoms with Crippen LogP contribution in [0.15, 0.2) is 22.7 Å². The molecule has 1 unspecified atom stereocenters. The van der Waals surface area contributed by atoms with Crippen LogP contribution in [0.5, 0.6) is 17.2 Å². The van der Waals surface area contributed by atoms with E-state index in [1.165, 1.54) is 5.57 Å². The topological polar surface area (TPSA) is 152 Å². The zero-order valence-electron chi connectivity index (χ0n) is 21.4. The number of hydrogen-bond donors (Lipinski definition) is 4. The number of aliphatic hydroxyl groups excluding tert-OH is 4. The fraction of sp³-hybridized carbons (Fsp3) is 0.667. The standard InChI is InChI=1S/C27H32N2O10/c1-34-3-2-11-7-29-15-6-27-18(29)4-12(11)13(15)9-35-26(27)28-14-5-16-23(37-10-36-16)24(19(14)27)39-25-22(33)21(32)20(31)17(8-30)38-25/h2,5,12-13,15,17-18,20-22,25,30-33H,3-4,6-10H2,1H3/b11-2+/t12-,13+,15+,17-,18+,20-,21+,22-,25+,27+/m1/s1. The molecule has 0 radical (unpaired) electrons. The Labute approximate surface area is 224 Å². The minimum Gasteiger partial charge on any atom is -0.480 e. The lowest BCUT2D eigenvalue weighted by Gasteiger charge is -2.54. The van der Waals surface area contributed by atoms with Crippen LogP contribution in [0.25, 0.3) is 0 Å². The van der Waals surface area contributed by atoms with Gasteiger partial charge in [0.25, 0.3) is 0 Å². The van der Waals surface area contributed by atoms with Crippen molar-refractivity contribution < 1.29 is 48.8 Å². The Kier molecular flexibility index (Phi) is 5.32. The third-order valence-electron chi connectivity index (χ3n) is 9.91. The average Bonchev–Trinajstić information content (AvgIpc) is 3.56. The normalized spacial score (nSPS) is 45.2. The summed E-state index contributed by atoms with van der Waals surface area (Å²) >= 11 is 0. The molecule has 5 bridgehead atoms. The van der Waals surface area contributed by atoms with Crippen molar-refractivity contribution in [3.8, 4) is 17.2 Å². The highest BCUT2D eigenvalue weighted by Crippen LogP contribution is 2.66. The van der Waals surface area contributed by atoms with Crippen LogP contribution in [0.3, 0.4) is 0 Å². The van der Waals surface area contributed by atoms with Crippen molar-refractivity contribution in [1.29, 1.82) is 0 Å². The third-order valence-corrected chi connectivity index (χ3v) is 9.91. The minimum atomic E-state index is -1.57. The summed E-state index contributed by atoms with van der Waals surface area (Å²) in [7, 11) is 1.71. The predicted molar refractivity (Wildman–Crippen MR) is 132 cm³/mol. The summed E-state index contributed by atoms with van der Waals surface area (Å²) < 4.78 is 35.5. The van der Waals surface area contributed by atoms with Crippen molar-refractivity contribution in [1.82, 2.24) is 4.90 Å². The van der Waals surface area contributed by atoms with Gasteiger partial charge in [-0.2, -0.15) is 0 Å². The highest BCUT2D eigenvalue weighted by Gasteiger charge is 2.70. The Morgan fingerprint density at radius 1 is 1.18 bits per heavy atom. The lowest BCUT2D eigenvalue weighted by atomic mass is 9.68. The van der Waals surface area contributed by atoms with Crippen molar-refractivity contribution in [2.45, 2.75) is 61.0 Å². The second kappa shape index (κ2) is 8.53. The lowest BCUT2D eigenvalue weighted by Crippen LogP contribution is -2.61. The van der Waals surface area contributed by atoms with Crippen molar-refractivity contribution in [2.24, 2.45) is 16.8 Å². The number of aliphatic imine (C=N–C) groups is 1. The molecule has 0 aliphatic carbocycles. The van der Waals surface area contributed by atoms with Gasteiger partial charge in [0.15, 0.2) is 11.5 Å². The molecule has 0 amide bonds. The summed E-state index contributed by atoms with van der Waals surface area (Å²) in [4.78, 5) is 7.55. The fourth-order valence-electron chi connectivity index (χ4n) is 8.19. The van der Waals surface area contributed by atoms with Crippen LogP contribution in [0.2, 0.25) is 0 Å². The van der Waals surface area contributed by atoms with E-state index in [2.05, 4.69) is 11.0 Å². The van der Waals surface area contributed by atoms with E-state index >= 15 is 0 Å². The van der Waals surface area contributed by atoms with E-state index in [0.29, 0.717) is 59.9 Å². The smallest absolute Gasteiger partial charge is 0.231 e. The summed E-state index contributed by atoms with van der Waals surface area (Å²) in [5.41, 5.74) is 2.28. The van der Waals surface area contributed by atoms with Crippen LogP contribution in [-0.4, -0.2) is 114 Å². The third kappa shape index (κ3) is 3.10. The molecule has 1 spiro atoms. The predicted octanol–water partition coefficient (Wildman–Crippen LogP) is -0.429. The van der Waals surface area contributed by atoms with Crippen LogP contribution in [-0.2, 0) is 19.6 Å². The first-order valence-corrected chi connectivity index (χ1v) is 13.6. The van der Waals surface area contributed by atoms with Gasteiger partial charge in [-0.3, -0.25) is 4.90 Å². The Morgan fingerprint density at radius 2 is 2.05 bits per heavy atom. The second-order valence-corrected chi connectivity index (χ2v) is 11.5. The first-order chi connectivity index (χ1) is 19.0. The van der Waals surface area contributed by atoms with E-state index in [0.717, 1.165) is 24.9 Å². The van der Waals surface area contributed by atoms with Gasteiger partial charge in [-0.1, -0.05) is 11.6 Å². The maximum atomic E-state index is 10.8. The van der Waals surface area contributed by atoms with Crippen molar-refractivity contribution in [2.75, 3.05) is 40.3 Å². The van der Waals surface area contributed by atoms with E-state index in [1.807, 2.05) is 6.07 Å². The quantitative estimate of drug-likeness (QED) is 0.358. The number of rotatable bonds is 5. The summed E-state index contributed by atoms with van der Waals surface area (Å²) in [5, 5.41) is 41.2. The van der Waals surface area contributed by atoms with Gasteiger partial charge in [0.2, 0.25) is 24.7 Å². The van der Waals surface area contributed by atoms with Crippen LogP contribution in [0.4, 0.5) is 5.69 Å². The van der Waals surface area contributed by atoms with Crippen LogP contribution in [0.1, 0.15) is 18.4 Å². The molecule has 8 aliphatic rings. The zero-order valence-corrected chi connectivity index (χ0v) is 21.4. The second-order valence-electron chi connectivity index (χ2n) is 11.5. The first-order valence-electron chi connectivity index (χ1n) is 13.6. The molecule has 0 aromatic heterocycles. The van der Waals surface area contributed by atoms with Crippen LogP contribution < -0.4 is 14.2 Å². The van der Waals surface area contributed by atoms with Crippen molar-refractivity contribution >= 4 is 11.6 Å². The van der Waals surface area contributed by atoms with Gasteiger partial charge in [0.1, 0.15) is 24.4 Å². The van der Waals surface area contributed by atoms with Gasteiger partial charge >= 0.3 is 0 Å². The SMILES string of the molecule is COC/C=C1\CN2[C@H]3C[C@H]1[C@@H]1COC4=Nc5cc6c(c(O[C@@H]7O[C@H](CO)[C@@H](O)[C@H](O)[C@H]7O)c5[C@@]43C[C@@H]12)OCO6. The molecule has 9 rings (SSSR count). The Morgan fingerprint density at radius 3 is 2.87 bits per heavy atom. The molecule has 8 heterocycles. The van der Waals surface area contributed by atoms with E-state index in [9.17, 15) is 20.4 Å². The largest absolute Gasteiger partial charge is 0.480 e. The van der Waals surface area contributed by atoms with Gasteiger partial charge in [0.05, 0.1) is 30.9 Å². The summed E-state index contributed by atoms with van der Waals surface area (Å²) in [6.07, 6.45) is -3.13. The Balaban J connectivity index is 1.24. The van der Waals surface area contributed by atoms with E-state index in [-0.39, 0.29) is 12.8 Å². The highest BCUT2D eigenvalue weighted by molar-refractivity contribution is 6.00. The van der Waals surface area contributed by atoms with Gasteiger partial charge in [-0.05, 0) is 18.8 Å². The van der Waals surface area contributed by atoms with Gasteiger partial charge in [-0.25, -0.2) is 4.99 Å². The number of nitrogens with zero attached hydrogens (tertiary/aromatic N) is 2. The van der Waals surface area contributed by atoms with Gasteiger partial charge < -0.3 is 48.8 Å². The molecule has 0 saturated carbocycles. The zero-order chi connectivity index (χ0) is 26.6. The van der Waals surface area contributed by atoms with E-state index < -0.39 is 42.7 Å². The molecule has 39 heavy (non-hydrogen) atoms. The average molecular weight is 545 g/mol. The van der Waals surface area contributed by atoms with Crippen LogP contribution in [0, 0.1) is 11.8 Å². The molecule has 210 valence electrons. The summed E-state index contributed by atoms with van der Waals surface area (Å²) in [5.74, 6) is 2.56. The number of aliphatic hydroxyl groups is 4. The van der Waals surface area contributed by atoms with Crippen molar-refractivity contribution in [3.05, 3.63) is 23.3 Å². The van der Waals surface area contributed by atoms with Gasteiger partial charge in [-0.15, -0.1) is 0 Å². The lowest BCUT2D eigenvalue weighted by molar-refractivity contribution is -0.277. The molecule has 8 aliphatic heterocycles. The maximum absolute atomic E-state index is 10.8. The molecule has 12 nitrogen and oxygen atoms in total. The molecule has 1 aromatic carbocycles.